The lowest BCUT2D eigenvalue weighted by Gasteiger charge is -2.07. The molecule has 0 aliphatic rings. The zero-order valence-corrected chi connectivity index (χ0v) is 12.0. The lowest BCUT2D eigenvalue weighted by atomic mass is 10.2. The number of ether oxygens (including phenoxy) is 1. The highest BCUT2D eigenvalue weighted by Crippen LogP contribution is 2.27. The summed E-state index contributed by atoms with van der Waals surface area (Å²) < 4.78 is 13.1. The van der Waals surface area contributed by atoms with Gasteiger partial charge in [-0.3, -0.25) is 0 Å². The maximum Gasteiger partial charge on any atom is 0.138 e. The van der Waals surface area contributed by atoms with Gasteiger partial charge < -0.3 is 13.8 Å². The zero-order chi connectivity index (χ0) is 14.1. The Bertz CT molecular complexity index is 721. The summed E-state index contributed by atoms with van der Waals surface area (Å²) in [6.07, 6.45) is 2.08. The molecule has 0 aliphatic heterocycles. The average molecular weight is 270 g/mol. The molecule has 0 fully saturated rings. The highest BCUT2D eigenvalue weighted by Gasteiger charge is 2.12. The lowest BCUT2D eigenvalue weighted by Crippen LogP contribution is -2.00. The summed E-state index contributed by atoms with van der Waals surface area (Å²) in [5, 5.41) is 5.15. The summed E-state index contributed by atoms with van der Waals surface area (Å²) in [6.45, 7) is 7.36. The van der Waals surface area contributed by atoms with Gasteiger partial charge in [0.05, 0.1) is 24.4 Å². The van der Waals surface area contributed by atoms with E-state index in [4.69, 9.17) is 9.26 Å². The van der Waals surface area contributed by atoms with Crippen molar-refractivity contribution in [2.45, 2.75) is 27.3 Å². The van der Waals surface area contributed by atoms with Crippen LogP contribution in [-0.4, -0.2) is 16.3 Å². The fourth-order valence-corrected chi connectivity index (χ4v) is 2.51. The van der Waals surface area contributed by atoms with Crippen molar-refractivity contribution in [1.29, 1.82) is 0 Å². The van der Waals surface area contributed by atoms with Crippen molar-refractivity contribution < 1.29 is 9.26 Å². The Morgan fingerprint density at radius 2 is 2.10 bits per heavy atom. The van der Waals surface area contributed by atoms with Gasteiger partial charge in [-0.25, -0.2) is 0 Å². The summed E-state index contributed by atoms with van der Waals surface area (Å²) in [7, 11) is 0. The summed E-state index contributed by atoms with van der Waals surface area (Å²) in [4.78, 5) is 0. The van der Waals surface area contributed by atoms with Crippen LogP contribution in [0, 0.1) is 13.8 Å². The number of hydrogen-bond donors (Lipinski definition) is 0. The molecule has 0 unspecified atom stereocenters. The van der Waals surface area contributed by atoms with E-state index >= 15 is 0 Å². The fraction of sp³-hybridized carbons (Fsp3) is 0.312. The van der Waals surface area contributed by atoms with Gasteiger partial charge in [0.1, 0.15) is 11.5 Å². The van der Waals surface area contributed by atoms with Crippen LogP contribution in [0.3, 0.4) is 0 Å². The van der Waals surface area contributed by atoms with Crippen LogP contribution in [0.2, 0.25) is 0 Å². The van der Waals surface area contributed by atoms with Crippen molar-refractivity contribution in [2.24, 2.45) is 0 Å². The predicted molar refractivity (Wildman–Crippen MR) is 78.2 cm³/mol. The molecule has 4 heteroatoms. The maximum atomic E-state index is 5.67. The monoisotopic (exact) mass is 270 g/mol. The molecule has 3 aromatic rings. The molecule has 20 heavy (non-hydrogen) atoms. The molecule has 0 bridgehead atoms. The number of fused-ring (bicyclic) bond motifs is 1. The minimum absolute atomic E-state index is 0.675. The highest BCUT2D eigenvalue weighted by atomic mass is 16.5. The molecule has 2 heterocycles. The van der Waals surface area contributed by atoms with Crippen LogP contribution in [0.15, 0.2) is 35.0 Å². The van der Waals surface area contributed by atoms with Gasteiger partial charge in [0.2, 0.25) is 0 Å². The Hall–Kier alpha value is -2.23. The Morgan fingerprint density at radius 1 is 1.25 bits per heavy atom. The van der Waals surface area contributed by atoms with E-state index in [1.807, 2.05) is 32.9 Å². The SMILES string of the molecule is CCOc1cccc2c1ccn2Cc1c(C)noc1C. The molecule has 1 aromatic carbocycles. The molecule has 0 saturated heterocycles. The van der Waals surface area contributed by atoms with E-state index in [-0.39, 0.29) is 0 Å². The molecule has 0 aliphatic carbocycles. The van der Waals surface area contributed by atoms with Crippen molar-refractivity contribution in [3.05, 3.63) is 47.5 Å². The molecular formula is C16H18N2O2. The molecule has 0 saturated carbocycles. The van der Waals surface area contributed by atoms with Gasteiger partial charge in [0, 0.05) is 17.1 Å². The Balaban J connectivity index is 2.03. The van der Waals surface area contributed by atoms with Crippen LogP contribution >= 0.6 is 0 Å². The van der Waals surface area contributed by atoms with Gasteiger partial charge >= 0.3 is 0 Å². The van der Waals surface area contributed by atoms with Crippen molar-refractivity contribution >= 4 is 10.9 Å². The zero-order valence-electron chi connectivity index (χ0n) is 12.0. The van der Waals surface area contributed by atoms with Crippen molar-refractivity contribution in [1.82, 2.24) is 9.72 Å². The molecule has 0 amide bonds. The Kier molecular flexibility index (Phi) is 3.22. The topological polar surface area (TPSA) is 40.2 Å². The van der Waals surface area contributed by atoms with E-state index in [1.54, 1.807) is 0 Å². The molecule has 104 valence electrons. The first kappa shape index (κ1) is 12.8. The van der Waals surface area contributed by atoms with Crippen LogP contribution in [-0.2, 0) is 6.54 Å². The first-order valence-electron chi connectivity index (χ1n) is 6.83. The third-order valence-corrected chi connectivity index (χ3v) is 3.58. The molecule has 2 aromatic heterocycles. The number of aromatic nitrogens is 2. The van der Waals surface area contributed by atoms with Crippen LogP contribution in [0.1, 0.15) is 23.9 Å². The quantitative estimate of drug-likeness (QED) is 0.726. The van der Waals surface area contributed by atoms with E-state index < -0.39 is 0 Å². The number of rotatable bonds is 4. The number of hydrogen-bond acceptors (Lipinski definition) is 3. The summed E-state index contributed by atoms with van der Waals surface area (Å²) in [5.74, 6) is 1.81. The number of nitrogens with zero attached hydrogens (tertiary/aromatic N) is 2. The highest BCUT2D eigenvalue weighted by molar-refractivity contribution is 5.86. The van der Waals surface area contributed by atoms with Gasteiger partial charge in [-0.15, -0.1) is 0 Å². The number of benzene rings is 1. The minimum Gasteiger partial charge on any atom is -0.493 e. The normalized spacial score (nSPS) is 11.2. The fourth-order valence-electron chi connectivity index (χ4n) is 2.51. The molecule has 0 atom stereocenters. The molecule has 0 N–H and O–H groups in total. The largest absolute Gasteiger partial charge is 0.493 e. The summed E-state index contributed by atoms with van der Waals surface area (Å²) in [5.41, 5.74) is 3.26. The van der Waals surface area contributed by atoms with Gasteiger partial charge in [-0.2, -0.15) is 0 Å². The van der Waals surface area contributed by atoms with Crippen LogP contribution < -0.4 is 4.74 Å². The standard InChI is InChI=1S/C16H18N2O2/c1-4-19-16-7-5-6-15-13(16)8-9-18(15)10-14-11(2)17-20-12(14)3/h5-9H,4,10H2,1-3H3. The average Bonchev–Trinajstić information content (AvgIpc) is 2.99. The van der Waals surface area contributed by atoms with E-state index in [0.29, 0.717) is 6.61 Å². The summed E-state index contributed by atoms with van der Waals surface area (Å²) >= 11 is 0. The molecular weight excluding hydrogens is 252 g/mol. The first-order valence-corrected chi connectivity index (χ1v) is 6.83. The van der Waals surface area contributed by atoms with E-state index in [0.717, 1.165) is 40.2 Å². The van der Waals surface area contributed by atoms with E-state index in [1.165, 1.54) is 0 Å². The van der Waals surface area contributed by atoms with Gasteiger partial charge in [-0.1, -0.05) is 11.2 Å². The van der Waals surface area contributed by atoms with Crippen molar-refractivity contribution in [3.8, 4) is 5.75 Å². The minimum atomic E-state index is 0.675. The van der Waals surface area contributed by atoms with Gasteiger partial charge in [0.15, 0.2) is 0 Å². The van der Waals surface area contributed by atoms with Gasteiger partial charge in [-0.05, 0) is 39.0 Å². The predicted octanol–water partition coefficient (Wildman–Crippen LogP) is 3.69. The number of aryl methyl sites for hydroxylation is 2. The second-order valence-corrected chi connectivity index (χ2v) is 4.87. The Morgan fingerprint density at radius 3 is 2.80 bits per heavy atom. The molecule has 4 nitrogen and oxygen atoms in total. The second kappa shape index (κ2) is 5.04. The third-order valence-electron chi connectivity index (χ3n) is 3.58. The third kappa shape index (κ3) is 2.07. The van der Waals surface area contributed by atoms with Crippen LogP contribution in [0.4, 0.5) is 0 Å². The first-order chi connectivity index (χ1) is 9.70. The van der Waals surface area contributed by atoms with Crippen molar-refractivity contribution in [2.75, 3.05) is 6.61 Å². The lowest BCUT2D eigenvalue weighted by molar-refractivity contribution is 0.344. The van der Waals surface area contributed by atoms with Gasteiger partial charge in [0.25, 0.3) is 0 Å². The molecule has 0 radical (unpaired) electrons. The summed E-state index contributed by atoms with van der Waals surface area (Å²) in [6, 6.07) is 8.23. The van der Waals surface area contributed by atoms with Crippen molar-refractivity contribution in [3.63, 3.8) is 0 Å². The smallest absolute Gasteiger partial charge is 0.138 e. The Labute approximate surface area is 117 Å². The van der Waals surface area contributed by atoms with E-state index in [9.17, 15) is 0 Å². The van der Waals surface area contributed by atoms with Crippen LogP contribution in [0.25, 0.3) is 10.9 Å². The second-order valence-electron chi connectivity index (χ2n) is 4.87. The maximum absolute atomic E-state index is 5.67. The molecule has 0 spiro atoms. The molecule has 3 rings (SSSR count). The van der Waals surface area contributed by atoms with E-state index in [2.05, 4.69) is 28.1 Å². The van der Waals surface area contributed by atoms with Crippen LogP contribution in [0.5, 0.6) is 5.75 Å².